The summed E-state index contributed by atoms with van der Waals surface area (Å²) in [6, 6.07) is 5.61. The summed E-state index contributed by atoms with van der Waals surface area (Å²) in [4.78, 5) is 11.3. The van der Waals surface area contributed by atoms with E-state index >= 15 is 0 Å². The first-order valence-corrected chi connectivity index (χ1v) is 7.96. The van der Waals surface area contributed by atoms with Gasteiger partial charge in [0.15, 0.2) is 9.84 Å². The van der Waals surface area contributed by atoms with Crippen LogP contribution >= 0.6 is 0 Å². The molecule has 0 radical (unpaired) electrons. The Morgan fingerprint density at radius 3 is 2.55 bits per heavy atom. The molecule has 0 aliphatic rings. The average molecular weight is 302 g/mol. The molecule has 6 nitrogen and oxygen atoms in total. The summed E-state index contributed by atoms with van der Waals surface area (Å²) >= 11 is 0. The normalized spacial score (nSPS) is 14.6. The van der Waals surface area contributed by atoms with Crippen molar-refractivity contribution in [1.82, 2.24) is 0 Å². The molecule has 2 unspecified atom stereocenters. The minimum Gasteiger partial charge on any atom is -0.466 e. The highest BCUT2D eigenvalue weighted by molar-refractivity contribution is 7.90. The number of carbonyl (C=O) groups is 1. The number of carbonyl (C=O) groups excluding carboxylic acids is 1. The Kier molecular flexibility index (Phi) is 5.67. The molecule has 0 saturated heterocycles. The number of aliphatic hydroxyl groups is 2. The van der Waals surface area contributed by atoms with E-state index in [-0.39, 0.29) is 23.5 Å². The molecule has 0 saturated carbocycles. The summed E-state index contributed by atoms with van der Waals surface area (Å²) in [6.45, 7) is 1.82. The van der Waals surface area contributed by atoms with Crippen molar-refractivity contribution in [2.24, 2.45) is 0 Å². The number of sulfone groups is 1. The minimum absolute atomic E-state index is 0.0392. The first kappa shape index (κ1) is 16.6. The van der Waals surface area contributed by atoms with Gasteiger partial charge in [-0.1, -0.05) is 12.1 Å². The molecule has 0 bridgehead atoms. The van der Waals surface area contributed by atoms with Crippen LogP contribution < -0.4 is 0 Å². The first-order chi connectivity index (χ1) is 9.25. The second-order valence-electron chi connectivity index (χ2n) is 4.37. The number of rotatable bonds is 6. The average Bonchev–Trinajstić information content (AvgIpc) is 2.37. The lowest BCUT2D eigenvalue weighted by molar-refractivity contribution is -0.147. The summed E-state index contributed by atoms with van der Waals surface area (Å²) in [5.74, 6) is -0.627. The van der Waals surface area contributed by atoms with E-state index < -0.39 is 28.0 Å². The topological polar surface area (TPSA) is 101 Å². The van der Waals surface area contributed by atoms with Crippen LogP contribution in [0.25, 0.3) is 0 Å². The number of hydrogen-bond acceptors (Lipinski definition) is 6. The minimum atomic E-state index is -3.40. The van der Waals surface area contributed by atoms with E-state index in [1.54, 1.807) is 6.92 Å². The molecule has 1 aromatic carbocycles. The van der Waals surface area contributed by atoms with Crippen LogP contribution in [-0.4, -0.2) is 43.6 Å². The lowest BCUT2D eigenvalue weighted by Crippen LogP contribution is -2.23. The number of benzene rings is 1. The highest BCUT2D eigenvalue weighted by Gasteiger charge is 2.23. The molecule has 20 heavy (non-hydrogen) atoms. The molecule has 0 aliphatic heterocycles. The highest BCUT2D eigenvalue weighted by Crippen LogP contribution is 2.22. The number of aliphatic hydroxyl groups excluding tert-OH is 2. The van der Waals surface area contributed by atoms with E-state index in [0.29, 0.717) is 0 Å². The van der Waals surface area contributed by atoms with Crippen LogP contribution in [0.1, 0.15) is 25.0 Å². The summed E-state index contributed by atoms with van der Waals surface area (Å²) in [7, 11) is -3.40. The van der Waals surface area contributed by atoms with Crippen molar-refractivity contribution >= 4 is 15.8 Å². The maximum atomic E-state index is 11.4. The summed E-state index contributed by atoms with van der Waals surface area (Å²) in [6.07, 6.45) is -2.03. The second kappa shape index (κ2) is 6.83. The van der Waals surface area contributed by atoms with Crippen molar-refractivity contribution in [2.75, 3.05) is 12.9 Å². The molecule has 2 atom stereocenters. The summed E-state index contributed by atoms with van der Waals surface area (Å²) in [5, 5.41) is 19.7. The quantitative estimate of drug-likeness (QED) is 0.739. The van der Waals surface area contributed by atoms with Crippen molar-refractivity contribution in [3.05, 3.63) is 29.8 Å². The smallest absolute Gasteiger partial charge is 0.308 e. The summed E-state index contributed by atoms with van der Waals surface area (Å²) in [5.41, 5.74) is 0.227. The molecular weight excluding hydrogens is 284 g/mol. The van der Waals surface area contributed by atoms with Crippen LogP contribution in [0.15, 0.2) is 29.2 Å². The molecule has 0 aliphatic carbocycles. The zero-order valence-electron chi connectivity index (χ0n) is 11.3. The molecule has 0 fully saturated rings. The number of esters is 1. The largest absolute Gasteiger partial charge is 0.466 e. The monoisotopic (exact) mass is 302 g/mol. The Balaban J connectivity index is 2.87. The SMILES string of the molecule is CCOC(=O)CC(O)C(O)c1cccc(S(C)(=O)=O)c1. The third kappa shape index (κ3) is 4.59. The van der Waals surface area contributed by atoms with E-state index in [1.165, 1.54) is 24.3 Å². The van der Waals surface area contributed by atoms with Crippen LogP contribution in [-0.2, 0) is 19.4 Å². The third-order valence-corrected chi connectivity index (χ3v) is 3.78. The van der Waals surface area contributed by atoms with Gasteiger partial charge in [-0.05, 0) is 24.6 Å². The van der Waals surface area contributed by atoms with E-state index in [4.69, 9.17) is 0 Å². The molecule has 0 spiro atoms. The van der Waals surface area contributed by atoms with E-state index in [1.807, 2.05) is 0 Å². The van der Waals surface area contributed by atoms with Gasteiger partial charge in [-0.25, -0.2) is 8.42 Å². The van der Waals surface area contributed by atoms with Crippen molar-refractivity contribution in [1.29, 1.82) is 0 Å². The standard InChI is InChI=1S/C13H18O6S/c1-3-19-12(15)8-11(14)13(16)9-5-4-6-10(7-9)20(2,17)18/h4-7,11,13-14,16H,3,8H2,1-2H3. The molecule has 2 N–H and O–H groups in total. The van der Waals surface area contributed by atoms with Crippen LogP contribution in [0, 0.1) is 0 Å². The van der Waals surface area contributed by atoms with Gasteiger partial charge in [-0.3, -0.25) is 4.79 Å². The Bertz CT molecular complexity index is 566. The molecule has 0 aromatic heterocycles. The molecular formula is C13H18O6S. The Hall–Kier alpha value is -1.44. The highest BCUT2D eigenvalue weighted by atomic mass is 32.2. The molecule has 1 rings (SSSR count). The van der Waals surface area contributed by atoms with E-state index in [0.717, 1.165) is 6.26 Å². The first-order valence-electron chi connectivity index (χ1n) is 6.07. The van der Waals surface area contributed by atoms with Crippen LogP contribution in [0.3, 0.4) is 0 Å². The zero-order chi connectivity index (χ0) is 15.3. The lowest BCUT2D eigenvalue weighted by atomic mass is 10.0. The van der Waals surface area contributed by atoms with Gasteiger partial charge in [-0.2, -0.15) is 0 Å². The zero-order valence-corrected chi connectivity index (χ0v) is 12.1. The Morgan fingerprint density at radius 1 is 1.35 bits per heavy atom. The van der Waals surface area contributed by atoms with Crippen LogP contribution in [0.5, 0.6) is 0 Å². The number of hydrogen-bond donors (Lipinski definition) is 2. The molecule has 112 valence electrons. The lowest BCUT2D eigenvalue weighted by Gasteiger charge is -2.17. The molecule has 0 amide bonds. The van der Waals surface area contributed by atoms with Gasteiger partial charge in [0.1, 0.15) is 6.10 Å². The van der Waals surface area contributed by atoms with Crippen LogP contribution in [0.4, 0.5) is 0 Å². The number of ether oxygens (including phenoxy) is 1. The summed E-state index contributed by atoms with van der Waals surface area (Å²) < 4.78 is 27.5. The fraction of sp³-hybridized carbons (Fsp3) is 0.462. The molecule has 0 heterocycles. The van der Waals surface area contributed by atoms with E-state index in [2.05, 4.69) is 4.74 Å². The van der Waals surface area contributed by atoms with Gasteiger partial charge in [0.25, 0.3) is 0 Å². The van der Waals surface area contributed by atoms with Crippen LogP contribution in [0.2, 0.25) is 0 Å². The molecule has 1 aromatic rings. The maximum absolute atomic E-state index is 11.4. The fourth-order valence-electron chi connectivity index (χ4n) is 1.65. The molecule has 7 heteroatoms. The van der Waals surface area contributed by atoms with Crippen molar-refractivity contribution < 1.29 is 28.2 Å². The van der Waals surface area contributed by atoms with Gasteiger partial charge >= 0.3 is 5.97 Å². The van der Waals surface area contributed by atoms with Gasteiger partial charge in [0.2, 0.25) is 0 Å². The van der Waals surface area contributed by atoms with Crippen molar-refractivity contribution in [3.63, 3.8) is 0 Å². The Morgan fingerprint density at radius 2 is 2.00 bits per heavy atom. The van der Waals surface area contributed by atoms with Gasteiger partial charge in [-0.15, -0.1) is 0 Å². The van der Waals surface area contributed by atoms with E-state index in [9.17, 15) is 23.4 Å². The van der Waals surface area contributed by atoms with Gasteiger partial charge in [0, 0.05) is 6.26 Å². The predicted molar refractivity (Wildman–Crippen MR) is 71.8 cm³/mol. The predicted octanol–water partition coefficient (Wildman–Crippen LogP) is 0.438. The second-order valence-corrected chi connectivity index (χ2v) is 6.38. The fourth-order valence-corrected chi connectivity index (χ4v) is 2.33. The third-order valence-electron chi connectivity index (χ3n) is 2.67. The van der Waals surface area contributed by atoms with Crippen molar-refractivity contribution in [2.45, 2.75) is 30.4 Å². The van der Waals surface area contributed by atoms with Gasteiger partial charge < -0.3 is 14.9 Å². The Labute approximate surface area is 117 Å². The van der Waals surface area contributed by atoms with Gasteiger partial charge in [0.05, 0.1) is 24.0 Å². The maximum Gasteiger partial charge on any atom is 0.308 e. The van der Waals surface area contributed by atoms with Crippen molar-refractivity contribution in [3.8, 4) is 0 Å².